The third kappa shape index (κ3) is 3.14. The summed E-state index contributed by atoms with van der Waals surface area (Å²) in [5.41, 5.74) is 1.83. The van der Waals surface area contributed by atoms with Gasteiger partial charge >= 0.3 is 0 Å². The smallest absolute Gasteiger partial charge is 0.142 e. The van der Waals surface area contributed by atoms with Crippen molar-refractivity contribution in [3.8, 4) is 0 Å². The number of thiazole rings is 1. The van der Waals surface area contributed by atoms with Gasteiger partial charge in [0.1, 0.15) is 5.82 Å². The van der Waals surface area contributed by atoms with E-state index in [1.807, 2.05) is 20.0 Å². The molecule has 2 aromatic rings. The van der Waals surface area contributed by atoms with Crippen molar-refractivity contribution in [1.29, 1.82) is 0 Å². The second-order valence-corrected chi connectivity index (χ2v) is 6.10. The molecule has 0 saturated heterocycles. The third-order valence-electron chi connectivity index (χ3n) is 3.16. The van der Waals surface area contributed by atoms with Gasteiger partial charge in [-0.15, -0.1) is 11.3 Å². The van der Waals surface area contributed by atoms with Crippen LogP contribution in [0.5, 0.6) is 0 Å². The van der Waals surface area contributed by atoms with Crippen molar-refractivity contribution in [2.24, 2.45) is 0 Å². The number of rotatable bonds is 4. The Hall–Kier alpha value is -0.970. The molecule has 102 valence electrons. The number of nitrogens with one attached hydrogen (secondary N) is 1. The highest BCUT2D eigenvalue weighted by atomic mass is 35.5. The van der Waals surface area contributed by atoms with Gasteiger partial charge in [0, 0.05) is 17.3 Å². The fourth-order valence-electron chi connectivity index (χ4n) is 1.96. The van der Waals surface area contributed by atoms with E-state index in [1.165, 1.54) is 10.9 Å². The maximum Gasteiger partial charge on any atom is 0.142 e. The molecule has 1 atom stereocenters. The maximum atomic E-state index is 13.5. The van der Waals surface area contributed by atoms with E-state index in [0.717, 1.165) is 16.3 Å². The monoisotopic (exact) mass is 298 g/mol. The summed E-state index contributed by atoms with van der Waals surface area (Å²) in [5.74, 6) is -0.383. The van der Waals surface area contributed by atoms with E-state index in [0.29, 0.717) is 6.42 Å². The van der Waals surface area contributed by atoms with Crippen LogP contribution in [-0.2, 0) is 6.42 Å². The number of nitrogens with zero attached hydrogens (tertiary/aromatic N) is 1. The summed E-state index contributed by atoms with van der Waals surface area (Å²) in [6.07, 6.45) is 0.707. The minimum Gasteiger partial charge on any atom is -0.313 e. The van der Waals surface area contributed by atoms with Crippen LogP contribution in [0.2, 0.25) is 5.02 Å². The summed E-state index contributed by atoms with van der Waals surface area (Å²) in [6.45, 7) is 4.05. The molecule has 0 aliphatic rings. The molecule has 0 saturated carbocycles. The highest BCUT2D eigenvalue weighted by Crippen LogP contribution is 2.29. The number of hydrogen-bond donors (Lipinski definition) is 1. The Morgan fingerprint density at radius 1 is 1.42 bits per heavy atom. The molecule has 0 spiro atoms. The van der Waals surface area contributed by atoms with E-state index in [2.05, 4.69) is 17.2 Å². The zero-order valence-electron chi connectivity index (χ0n) is 11.1. The highest BCUT2D eigenvalue weighted by molar-refractivity contribution is 7.11. The molecule has 5 heteroatoms. The Morgan fingerprint density at radius 3 is 2.74 bits per heavy atom. The van der Waals surface area contributed by atoms with Gasteiger partial charge in [0.05, 0.1) is 15.7 Å². The molecular weight excluding hydrogens is 283 g/mol. The van der Waals surface area contributed by atoms with Gasteiger partial charge in [-0.3, -0.25) is 0 Å². The van der Waals surface area contributed by atoms with Crippen LogP contribution < -0.4 is 5.32 Å². The number of halogens is 2. The van der Waals surface area contributed by atoms with E-state index < -0.39 is 0 Å². The fraction of sp³-hybridized carbons (Fsp3) is 0.357. The summed E-state index contributed by atoms with van der Waals surface area (Å²) in [6, 6.07) is 4.86. The van der Waals surface area contributed by atoms with E-state index in [9.17, 15) is 4.39 Å². The van der Waals surface area contributed by atoms with Gasteiger partial charge in [-0.1, -0.05) is 23.7 Å². The zero-order valence-corrected chi connectivity index (χ0v) is 12.7. The molecule has 1 unspecified atom stereocenters. The average Bonchev–Trinajstić information content (AvgIpc) is 2.69. The van der Waals surface area contributed by atoms with E-state index in [1.54, 1.807) is 17.4 Å². The predicted molar refractivity (Wildman–Crippen MR) is 78.5 cm³/mol. The Kier molecular flexibility index (Phi) is 4.55. The van der Waals surface area contributed by atoms with Crippen molar-refractivity contribution in [3.05, 3.63) is 50.2 Å². The van der Waals surface area contributed by atoms with Crippen LogP contribution in [0.15, 0.2) is 18.2 Å². The lowest BCUT2D eigenvalue weighted by Gasteiger charge is -2.17. The van der Waals surface area contributed by atoms with E-state index in [-0.39, 0.29) is 16.9 Å². The molecule has 2 nitrogen and oxygen atoms in total. The number of hydrogen-bond acceptors (Lipinski definition) is 3. The second kappa shape index (κ2) is 5.99. The third-order valence-corrected chi connectivity index (χ3v) is 4.65. The van der Waals surface area contributed by atoms with Gasteiger partial charge in [0.15, 0.2) is 0 Å². The Labute approximate surface area is 121 Å². The molecule has 1 heterocycles. The average molecular weight is 299 g/mol. The van der Waals surface area contributed by atoms with Crippen molar-refractivity contribution in [2.45, 2.75) is 26.3 Å². The lowest BCUT2D eigenvalue weighted by atomic mass is 10.0. The summed E-state index contributed by atoms with van der Waals surface area (Å²) in [7, 11) is 1.85. The lowest BCUT2D eigenvalue weighted by molar-refractivity contribution is 0.576. The van der Waals surface area contributed by atoms with Crippen molar-refractivity contribution in [1.82, 2.24) is 10.3 Å². The normalized spacial score (nSPS) is 12.7. The Balaban J connectivity index is 2.27. The molecule has 19 heavy (non-hydrogen) atoms. The van der Waals surface area contributed by atoms with Crippen molar-refractivity contribution in [3.63, 3.8) is 0 Å². The summed E-state index contributed by atoms with van der Waals surface area (Å²) >= 11 is 7.71. The van der Waals surface area contributed by atoms with Crippen LogP contribution in [0.3, 0.4) is 0 Å². The molecule has 0 bridgehead atoms. The van der Waals surface area contributed by atoms with Crippen LogP contribution in [0.4, 0.5) is 4.39 Å². The van der Waals surface area contributed by atoms with Gasteiger partial charge in [-0.05, 0) is 32.5 Å². The van der Waals surface area contributed by atoms with Gasteiger partial charge in [0.25, 0.3) is 0 Å². The van der Waals surface area contributed by atoms with E-state index in [4.69, 9.17) is 11.6 Å². The zero-order chi connectivity index (χ0) is 14.0. The predicted octanol–water partition coefficient (Wildman–Crippen LogP) is 4.06. The summed E-state index contributed by atoms with van der Waals surface area (Å²) < 4.78 is 13.5. The second-order valence-electron chi connectivity index (χ2n) is 4.44. The molecule has 0 fully saturated rings. The summed E-state index contributed by atoms with van der Waals surface area (Å²) in [5, 5.41) is 4.40. The first-order valence-electron chi connectivity index (χ1n) is 6.07. The number of aryl methyl sites for hydroxylation is 2. The van der Waals surface area contributed by atoms with Crippen LogP contribution in [-0.4, -0.2) is 12.0 Å². The van der Waals surface area contributed by atoms with Gasteiger partial charge in [-0.2, -0.15) is 0 Å². The topological polar surface area (TPSA) is 24.9 Å². The molecule has 2 rings (SSSR count). The largest absolute Gasteiger partial charge is 0.313 e. The van der Waals surface area contributed by atoms with Crippen molar-refractivity contribution < 1.29 is 4.39 Å². The number of benzene rings is 1. The first kappa shape index (κ1) is 14.4. The minimum atomic E-state index is -0.383. The SMILES string of the molecule is CNC(Cc1nc(C)c(C)s1)c1cccc(F)c1Cl. The van der Waals surface area contributed by atoms with Gasteiger partial charge < -0.3 is 5.32 Å². The van der Waals surface area contributed by atoms with Crippen LogP contribution in [0.1, 0.15) is 27.2 Å². The van der Waals surface area contributed by atoms with Crippen LogP contribution >= 0.6 is 22.9 Å². The van der Waals surface area contributed by atoms with Crippen molar-refractivity contribution in [2.75, 3.05) is 7.05 Å². The lowest BCUT2D eigenvalue weighted by Crippen LogP contribution is -2.19. The molecule has 1 aromatic heterocycles. The summed E-state index contributed by atoms with van der Waals surface area (Å²) in [4.78, 5) is 5.74. The van der Waals surface area contributed by atoms with Gasteiger partial charge in [-0.25, -0.2) is 9.37 Å². The number of likely N-dealkylation sites (N-methyl/N-ethyl adjacent to an activating group) is 1. The van der Waals surface area contributed by atoms with Crippen LogP contribution in [0.25, 0.3) is 0 Å². The molecule has 0 radical (unpaired) electrons. The quantitative estimate of drug-likeness (QED) is 0.921. The maximum absolute atomic E-state index is 13.5. The molecule has 0 aliphatic heterocycles. The van der Waals surface area contributed by atoms with Crippen molar-refractivity contribution >= 4 is 22.9 Å². The standard InChI is InChI=1S/C14H16ClFN2S/c1-8-9(2)19-13(18-8)7-12(17-3)10-5-4-6-11(16)14(10)15/h4-6,12,17H,7H2,1-3H3. The molecule has 1 N–H and O–H groups in total. The van der Waals surface area contributed by atoms with Gasteiger partial charge in [0.2, 0.25) is 0 Å². The highest BCUT2D eigenvalue weighted by Gasteiger charge is 2.17. The number of aromatic nitrogens is 1. The molecule has 0 aliphatic carbocycles. The Morgan fingerprint density at radius 2 is 2.16 bits per heavy atom. The Bertz CT molecular complexity index is 563. The van der Waals surface area contributed by atoms with E-state index >= 15 is 0 Å². The first-order valence-corrected chi connectivity index (χ1v) is 7.26. The fourth-order valence-corrected chi connectivity index (χ4v) is 3.20. The molecule has 0 amide bonds. The molecule has 1 aromatic carbocycles. The minimum absolute atomic E-state index is 0.0341. The first-order chi connectivity index (χ1) is 9.02. The molecular formula is C14H16ClFN2S. The van der Waals surface area contributed by atoms with Crippen LogP contribution in [0, 0.1) is 19.7 Å².